The molecule has 0 atom stereocenters. The van der Waals surface area contributed by atoms with Gasteiger partial charge in [-0.3, -0.25) is 14.4 Å². The molecule has 8 heteroatoms. The summed E-state index contributed by atoms with van der Waals surface area (Å²) >= 11 is 5.79. The van der Waals surface area contributed by atoms with Crippen LogP contribution >= 0.6 is 11.6 Å². The lowest BCUT2D eigenvalue weighted by atomic mass is 10.0. The van der Waals surface area contributed by atoms with E-state index in [-0.39, 0.29) is 30.7 Å². The quantitative estimate of drug-likeness (QED) is 0.577. The molecular formula is C21H22ClN3O4. The molecule has 2 aromatic rings. The summed E-state index contributed by atoms with van der Waals surface area (Å²) in [6, 6.07) is 12.3. The highest BCUT2D eigenvalue weighted by Gasteiger charge is 2.15. The molecular weight excluding hydrogens is 394 g/mol. The van der Waals surface area contributed by atoms with Crippen molar-refractivity contribution in [2.75, 3.05) is 23.8 Å². The predicted molar refractivity (Wildman–Crippen MR) is 111 cm³/mol. The molecule has 0 spiro atoms. The zero-order chi connectivity index (χ0) is 20.6. The second kappa shape index (κ2) is 9.93. The van der Waals surface area contributed by atoms with Gasteiger partial charge in [0.05, 0.1) is 13.2 Å². The molecule has 0 saturated heterocycles. The topological polar surface area (TPSA) is 96.5 Å². The fraction of sp³-hybridized carbons (Fsp3) is 0.286. The highest BCUT2D eigenvalue weighted by Crippen LogP contribution is 2.26. The molecule has 0 saturated carbocycles. The van der Waals surface area contributed by atoms with Gasteiger partial charge in [0.25, 0.3) is 0 Å². The number of halogens is 1. The third-order valence-electron chi connectivity index (χ3n) is 4.36. The van der Waals surface area contributed by atoms with E-state index in [9.17, 15) is 14.4 Å². The van der Waals surface area contributed by atoms with Crippen LogP contribution in [0.15, 0.2) is 42.5 Å². The molecule has 2 aromatic carbocycles. The number of hydrogen-bond acceptors (Lipinski definition) is 4. The lowest BCUT2D eigenvalue weighted by Gasteiger charge is -2.17. The smallest absolute Gasteiger partial charge is 0.243 e. The Hall–Kier alpha value is -3.06. The van der Waals surface area contributed by atoms with Crippen LogP contribution in [0.25, 0.3) is 0 Å². The molecule has 0 aliphatic carbocycles. The summed E-state index contributed by atoms with van der Waals surface area (Å²) in [5, 5.41) is 8.67. The van der Waals surface area contributed by atoms with Crippen LogP contribution in [0.1, 0.15) is 24.8 Å². The molecule has 29 heavy (non-hydrogen) atoms. The van der Waals surface area contributed by atoms with E-state index in [1.54, 1.807) is 30.3 Å². The van der Waals surface area contributed by atoms with Crippen molar-refractivity contribution in [1.29, 1.82) is 0 Å². The van der Waals surface area contributed by atoms with Crippen molar-refractivity contribution in [3.63, 3.8) is 0 Å². The molecule has 152 valence electrons. The lowest BCUT2D eigenvalue weighted by Crippen LogP contribution is -2.32. The highest BCUT2D eigenvalue weighted by molar-refractivity contribution is 6.30. The SMILES string of the molecule is O=C(CCCOc1ccc2c(c1)CCC(=O)N2)NCC(=O)Nc1ccc(Cl)cc1. The lowest BCUT2D eigenvalue weighted by molar-refractivity contribution is -0.124. The average molecular weight is 416 g/mol. The van der Waals surface area contributed by atoms with Crippen molar-refractivity contribution >= 4 is 40.7 Å². The summed E-state index contributed by atoms with van der Waals surface area (Å²) in [5.74, 6) is 0.216. The summed E-state index contributed by atoms with van der Waals surface area (Å²) in [4.78, 5) is 35.1. The predicted octanol–water partition coefficient (Wildman–Crippen LogP) is 3.14. The second-order valence-electron chi connectivity index (χ2n) is 6.65. The fourth-order valence-electron chi connectivity index (χ4n) is 2.88. The van der Waals surface area contributed by atoms with E-state index in [1.165, 1.54) is 0 Å². The summed E-state index contributed by atoms with van der Waals surface area (Å²) in [7, 11) is 0. The van der Waals surface area contributed by atoms with Crippen LogP contribution in [0, 0.1) is 0 Å². The molecule has 0 radical (unpaired) electrons. The summed E-state index contributed by atoms with van der Waals surface area (Å²) in [5.41, 5.74) is 2.49. The first-order chi connectivity index (χ1) is 14.0. The van der Waals surface area contributed by atoms with Gasteiger partial charge >= 0.3 is 0 Å². The van der Waals surface area contributed by atoms with Crippen molar-refractivity contribution in [3.05, 3.63) is 53.1 Å². The molecule has 3 amide bonds. The molecule has 1 heterocycles. The Morgan fingerprint density at radius 1 is 1.07 bits per heavy atom. The molecule has 3 rings (SSSR count). The van der Waals surface area contributed by atoms with Gasteiger partial charge in [-0.15, -0.1) is 0 Å². The van der Waals surface area contributed by atoms with E-state index in [2.05, 4.69) is 16.0 Å². The van der Waals surface area contributed by atoms with Gasteiger partial charge in [-0.2, -0.15) is 0 Å². The van der Waals surface area contributed by atoms with Gasteiger partial charge < -0.3 is 20.7 Å². The first-order valence-corrected chi connectivity index (χ1v) is 9.75. The molecule has 1 aliphatic heterocycles. The second-order valence-corrected chi connectivity index (χ2v) is 7.09. The maximum atomic E-state index is 11.9. The van der Waals surface area contributed by atoms with Crippen molar-refractivity contribution < 1.29 is 19.1 Å². The number of carbonyl (C=O) groups excluding carboxylic acids is 3. The van der Waals surface area contributed by atoms with E-state index < -0.39 is 0 Å². The van der Waals surface area contributed by atoms with Crippen LogP contribution < -0.4 is 20.7 Å². The zero-order valence-corrected chi connectivity index (χ0v) is 16.6. The van der Waals surface area contributed by atoms with Gasteiger partial charge in [0.2, 0.25) is 17.7 Å². The number of fused-ring (bicyclic) bond motifs is 1. The number of ether oxygens (including phenoxy) is 1. The first kappa shape index (κ1) is 20.7. The van der Waals surface area contributed by atoms with Crippen molar-refractivity contribution in [3.8, 4) is 5.75 Å². The van der Waals surface area contributed by atoms with E-state index in [0.717, 1.165) is 11.3 Å². The number of carbonyl (C=O) groups is 3. The van der Waals surface area contributed by atoms with Gasteiger partial charge in [0.1, 0.15) is 5.75 Å². The minimum Gasteiger partial charge on any atom is -0.494 e. The molecule has 7 nitrogen and oxygen atoms in total. The number of aryl methyl sites for hydroxylation is 1. The Labute approximate surface area is 173 Å². The van der Waals surface area contributed by atoms with E-state index >= 15 is 0 Å². The Morgan fingerprint density at radius 2 is 1.86 bits per heavy atom. The minimum absolute atomic E-state index is 0.0269. The number of nitrogens with one attached hydrogen (secondary N) is 3. The third kappa shape index (κ3) is 6.50. The van der Waals surface area contributed by atoms with Crippen LogP contribution in [-0.2, 0) is 20.8 Å². The van der Waals surface area contributed by atoms with E-state index in [4.69, 9.17) is 16.3 Å². The summed E-state index contributed by atoms with van der Waals surface area (Å²) in [6.07, 6.45) is 1.95. The first-order valence-electron chi connectivity index (χ1n) is 9.37. The van der Waals surface area contributed by atoms with Crippen LogP contribution in [0.3, 0.4) is 0 Å². The van der Waals surface area contributed by atoms with Gasteiger partial charge in [-0.05, 0) is 60.9 Å². The summed E-state index contributed by atoms with van der Waals surface area (Å²) < 4.78 is 5.68. The van der Waals surface area contributed by atoms with Crippen molar-refractivity contribution in [1.82, 2.24) is 5.32 Å². The van der Waals surface area contributed by atoms with Crippen LogP contribution in [0.5, 0.6) is 5.75 Å². The van der Waals surface area contributed by atoms with Crippen LogP contribution in [0.2, 0.25) is 5.02 Å². The van der Waals surface area contributed by atoms with E-state index in [0.29, 0.717) is 42.3 Å². The van der Waals surface area contributed by atoms with Crippen molar-refractivity contribution in [2.24, 2.45) is 0 Å². The Morgan fingerprint density at radius 3 is 2.66 bits per heavy atom. The van der Waals surface area contributed by atoms with E-state index in [1.807, 2.05) is 12.1 Å². The number of rotatable bonds is 8. The third-order valence-corrected chi connectivity index (χ3v) is 4.62. The number of amides is 3. The molecule has 0 bridgehead atoms. The zero-order valence-electron chi connectivity index (χ0n) is 15.8. The molecule has 0 fully saturated rings. The minimum atomic E-state index is -0.307. The number of benzene rings is 2. The number of anilines is 2. The maximum Gasteiger partial charge on any atom is 0.243 e. The fourth-order valence-corrected chi connectivity index (χ4v) is 3.00. The standard InChI is InChI=1S/C21H22ClN3O4/c22-15-4-6-16(7-5-15)24-21(28)13-23-19(26)2-1-11-29-17-8-9-18-14(12-17)3-10-20(27)25-18/h4-9,12H,1-3,10-11,13H2,(H,23,26)(H,24,28)(H,25,27). The number of hydrogen-bond donors (Lipinski definition) is 3. The Kier molecular flexibility index (Phi) is 7.08. The maximum absolute atomic E-state index is 11.9. The summed E-state index contributed by atoms with van der Waals surface area (Å²) in [6.45, 7) is 0.286. The van der Waals surface area contributed by atoms with Gasteiger partial charge in [-0.25, -0.2) is 0 Å². The van der Waals surface area contributed by atoms with Crippen molar-refractivity contribution in [2.45, 2.75) is 25.7 Å². The van der Waals surface area contributed by atoms with Gasteiger partial charge in [0, 0.05) is 29.2 Å². The molecule has 0 aromatic heterocycles. The normalized spacial score (nSPS) is 12.5. The molecule has 3 N–H and O–H groups in total. The van der Waals surface area contributed by atoms with Crippen LogP contribution in [0.4, 0.5) is 11.4 Å². The molecule has 1 aliphatic rings. The monoisotopic (exact) mass is 415 g/mol. The average Bonchev–Trinajstić information content (AvgIpc) is 2.71. The molecule has 0 unspecified atom stereocenters. The van der Waals surface area contributed by atoms with Gasteiger partial charge in [-0.1, -0.05) is 11.6 Å². The highest BCUT2D eigenvalue weighted by atomic mass is 35.5. The Bertz CT molecular complexity index is 899. The van der Waals surface area contributed by atoms with Gasteiger partial charge in [0.15, 0.2) is 0 Å². The Balaban J connectivity index is 1.32. The van der Waals surface area contributed by atoms with Crippen LogP contribution in [-0.4, -0.2) is 30.9 Å². The largest absolute Gasteiger partial charge is 0.494 e.